The summed E-state index contributed by atoms with van der Waals surface area (Å²) >= 11 is 1.76. The van der Waals surface area contributed by atoms with Crippen LogP contribution in [0.3, 0.4) is 0 Å². The van der Waals surface area contributed by atoms with Crippen LogP contribution in [0.15, 0.2) is 16.8 Å². The van der Waals surface area contributed by atoms with Gasteiger partial charge in [-0.1, -0.05) is 13.8 Å². The Morgan fingerprint density at radius 3 is 2.69 bits per heavy atom. The summed E-state index contributed by atoms with van der Waals surface area (Å²) < 4.78 is 0. The molecule has 1 atom stereocenters. The first-order chi connectivity index (χ1) is 6.02. The van der Waals surface area contributed by atoms with Crippen molar-refractivity contribution in [2.24, 2.45) is 11.7 Å². The molecule has 0 fully saturated rings. The van der Waals surface area contributed by atoms with E-state index in [0.29, 0.717) is 5.92 Å². The van der Waals surface area contributed by atoms with E-state index in [2.05, 4.69) is 37.6 Å². The topological polar surface area (TPSA) is 26.0 Å². The zero-order valence-electron chi connectivity index (χ0n) is 8.71. The van der Waals surface area contributed by atoms with Gasteiger partial charge in [-0.3, -0.25) is 0 Å². The smallest absolute Gasteiger partial charge is 0.0152 e. The van der Waals surface area contributed by atoms with Crippen LogP contribution in [0.25, 0.3) is 0 Å². The average molecular weight is 197 g/mol. The summed E-state index contributed by atoms with van der Waals surface area (Å²) in [5, 5.41) is 4.33. The fraction of sp³-hybridized carbons (Fsp3) is 0.636. The van der Waals surface area contributed by atoms with E-state index in [4.69, 9.17) is 5.73 Å². The molecule has 1 heterocycles. The average Bonchev–Trinajstić information content (AvgIpc) is 2.52. The third kappa shape index (κ3) is 3.12. The van der Waals surface area contributed by atoms with Crippen molar-refractivity contribution in [3.63, 3.8) is 0 Å². The van der Waals surface area contributed by atoms with Gasteiger partial charge in [0.25, 0.3) is 0 Å². The predicted molar refractivity (Wildman–Crippen MR) is 60.1 cm³/mol. The van der Waals surface area contributed by atoms with Crippen molar-refractivity contribution in [3.05, 3.63) is 22.4 Å². The molecule has 0 amide bonds. The van der Waals surface area contributed by atoms with Crippen molar-refractivity contribution in [2.75, 3.05) is 0 Å². The van der Waals surface area contributed by atoms with Gasteiger partial charge in [0.05, 0.1) is 0 Å². The van der Waals surface area contributed by atoms with Gasteiger partial charge < -0.3 is 5.73 Å². The molecule has 0 saturated carbocycles. The van der Waals surface area contributed by atoms with E-state index in [0.717, 1.165) is 12.8 Å². The minimum absolute atomic E-state index is 0.0259. The number of hydrogen-bond acceptors (Lipinski definition) is 2. The first kappa shape index (κ1) is 10.7. The fourth-order valence-electron chi connectivity index (χ4n) is 1.14. The lowest BCUT2D eigenvalue weighted by Gasteiger charge is -2.28. The van der Waals surface area contributed by atoms with Gasteiger partial charge >= 0.3 is 0 Å². The maximum absolute atomic E-state index is 6.18. The molecule has 2 heteroatoms. The zero-order valence-corrected chi connectivity index (χ0v) is 9.53. The highest BCUT2D eigenvalue weighted by Crippen LogP contribution is 2.20. The van der Waals surface area contributed by atoms with Crippen LogP contribution in [0.5, 0.6) is 0 Å². The standard InChI is InChI=1S/C11H19NS/c1-9(2)11(3,12)6-4-10-5-7-13-8-10/h5,7-9H,4,6,12H2,1-3H3. The molecule has 1 aromatic rings. The van der Waals surface area contributed by atoms with Crippen LogP contribution in [0.1, 0.15) is 32.8 Å². The fourth-order valence-corrected chi connectivity index (χ4v) is 1.84. The highest BCUT2D eigenvalue weighted by molar-refractivity contribution is 7.07. The Hall–Kier alpha value is -0.340. The van der Waals surface area contributed by atoms with E-state index < -0.39 is 0 Å². The summed E-state index contributed by atoms with van der Waals surface area (Å²) in [4.78, 5) is 0. The van der Waals surface area contributed by atoms with E-state index in [-0.39, 0.29) is 5.54 Å². The second-order valence-electron chi connectivity index (χ2n) is 4.29. The molecule has 1 unspecified atom stereocenters. The normalized spacial score (nSPS) is 16.1. The summed E-state index contributed by atoms with van der Waals surface area (Å²) in [6.45, 7) is 6.52. The molecule has 74 valence electrons. The summed E-state index contributed by atoms with van der Waals surface area (Å²) in [6, 6.07) is 2.18. The Bertz CT molecular complexity index is 237. The zero-order chi connectivity index (χ0) is 9.90. The van der Waals surface area contributed by atoms with Crippen LogP contribution in [0, 0.1) is 5.92 Å². The van der Waals surface area contributed by atoms with Gasteiger partial charge in [0.1, 0.15) is 0 Å². The molecule has 13 heavy (non-hydrogen) atoms. The molecule has 0 aliphatic carbocycles. The largest absolute Gasteiger partial charge is 0.325 e. The predicted octanol–water partition coefficient (Wildman–Crippen LogP) is 3.05. The molecule has 0 saturated heterocycles. The van der Waals surface area contributed by atoms with Crippen molar-refractivity contribution in [1.82, 2.24) is 0 Å². The number of hydrogen-bond donors (Lipinski definition) is 1. The van der Waals surface area contributed by atoms with E-state index in [9.17, 15) is 0 Å². The molecule has 0 bridgehead atoms. The second-order valence-corrected chi connectivity index (χ2v) is 5.07. The van der Waals surface area contributed by atoms with Crippen molar-refractivity contribution in [2.45, 2.75) is 39.2 Å². The quantitative estimate of drug-likeness (QED) is 0.789. The number of nitrogens with two attached hydrogens (primary N) is 1. The molecule has 1 aromatic heterocycles. The van der Waals surface area contributed by atoms with Gasteiger partial charge in [-0.15, -0.1) is 0 Å². The van der Waals surface area contributed by atoms with Gasteiger partial charge in [0, 0.05) is 5.54 Å². The third-order valence-electron chi connectivity index (χ3n) is 2.85. The van der Waals surface area contributed by atoms with Gasteiger partial charge in [-0.25, -0.2) is 0 Å². The Kier molecular flexibility index (Phi) is 3.51. The van der Waals surface area contributed by atoms with Crippen molar-refractivity contribution < 1.29 is 0 Å². The molecule has 0 aliphatic rings. The molecular formula is C11H19NS. The molecule has 1 rings (SSSR count). The molecule has 1 nitrogen and oxygen atoms in total. The lowest BCUT2D eigenvalue weighted by molar-refractivity contribution is 0.317. The number of thiophene rings is 1. The first-order valence-corrected chi connectivity index (χ1v) is 5.76. The Morgan fingerprint density at radius 2 is 2.23 bits per heavy atom. The second kappa shape index (κ2) is 4.25. The maximum atomic E-state index is 6.18. The SMILES string of the molecule is CC(C)C(C)(N)CCc1ccsc1. The molecular weight excluding hydrogens is 178 g/mol. The Morgan fingerprint density at radius 1 is 1.54 bits per heavy atom. The molecule has 0 aromatic carbocycles. The molecule has 0 spiro atoms. The van der Waals surface area contributed by atoms with Crippen LogP contribution in [0.2, 0.25) is 0 Å². The van der Waals surface area contributed by atoms with E-state index in [1.54, 1.807) is 11.3 Å². The monoisotopic (exact) mass is 197 g/mol. The maximum Gasteiger partial charge on any atom is 0.0152 e. The van der Waals surface area contributed by atoms with Gasteiger partial charge in [0.15, 0.2) is 0 Å². The first-order valence-electron chi connectivity index (χ1n) is 4.82. The molecule has 2 N–H and O–H groups in total. The van der Waals surface area contributed by atoms with Crippen LogP contribution in [0.4, 0.5) is 0 Å². The summed E-state index contributed by atoms with van der Waals surface area (Å²) in [5.74, 6) is 0.547. The minimum Gasteiger partial charge on any atom is -0.325 e. The molecule has 0 radical (unpaired) electrons. The molecule has 0 aliphatic heterocycles. The third-order valence-corrected chi connectivity index (χ3v) is 3.58. The number of rotatable bonds is 4. The number of aryl methyl sites for hydroxylation is 1. The summed E-state index contributed by atoms with van der Waals surface area (Å²) in [6.07, 6.45) is 2.18. The van der Waals surface area contributed by atoms with E-state index in [1.807, 2.05) is 0 Å². The van der Waals surface area contributed by atoms with Crippen LogP contribution >= 0.6 is 11.3 Å². The van der Waals surface area contributed by atoms with Crippen LogP contribution in [-0.4, -0.2) is 5.54 Å². The van der Waals surface area contributed by atoms with Gasteiger partial charge in [-0.05, 0) is 48.1 Å². The van der Waals surface area contributed by atoms with Gasteiger partial charge in [-0.2, -0.15) is 11.3 Å². The van der Waals surface area contributed by atoms with Crippen LogP contribution in [-0.2, 0) is 6.42 Å². The van der Waals surface area contributed by atoms with Crippen molar-refractivity contribution in [3.8, 4) is 0 Å². The Balaban J connectivity index is 2.42. The van der Waals surface area contributed by atoms with Crippen molar-refractivity contribution in [1.29, 1.82) is 0 Å². The Labute approximate surface area is 85.0 Å². The summed E-state index contributed by atoms with van der Waals surface area (Å²) in [7, 11) is 0. The van der Waals surface area contributed by atoms with E-state index in [1.165, 1.54) is 5.56 Å². The van der Waals surface area contributed by atoms with Crippen LogP contribution < -0.4 is 5.73 Å². The van der Waals surface area contributed by atoms with Crippen molar-refractivity contribution >= 4 is 11.3 Å². The highest BCUT2D eigenvalue weighted by atomic mass is 32.1. The van der Waals surface area contributed by atoms with E-state index >= 15 is 0 Å². The lowest BCUT2D eigenvalue weighted by atomic mass is 9.84. The minimum atomic E-state index is -0.0259. The summed E-state index contributed by atoms with van der Waals surface area (Å²) in [5.41, 5.74) is 7.57. The van der Waals surface area contributed by atoms with Gasteiger partial charge in [0.2, 0.25) is 0 Å². The highest BCUT2D eigenvalue weighted by Gasteiger charge is 2.22. The lowest BCUT2D eigenvalue weighted by Crippen LogP contribution is -2.42.